The summed E-state index contributed by atoms with van der Waals surface area (Å²) in [5.41, 5.74) is 0.999. The molecule has 0 fully saturated rings. The van der Waals surface area contributed by atoms with Gasteiger partial charge in [0.15, 0.2) is 5.78 Å². The van der Waals surface area contributed by atoms with Crippen molar-refractivity contribution in [3.8, 4) is 0 Å². The lowest BCUT2D eigenvalue weighted by atomic mass is 10.1. The predicted molar refractivity (Wildman–Crippen MR) is 93.5 cm³/mol. The van der Waals surface area contributed by atoms with Crippen LogP contribution in [-0.4, -0.2) is 23.8 Å². The van der Waals surface area contributed by atoms with Gasteiger partial charge in [0.25, 0.3) is 0 Å². The number of ether oxygens (including phenoxy) is 1. The van der Waals surface area contributed by atoms with E-state index in [0.29, 0.717) is 16.1 Å². The normalized spacial score (nSPS) is 10.5. The van der Waals surface area contributed by atoms with E-state index in [2.05, 4.69) is 5.32 Å². The molecule has 0 bridgehead atoms. The molecule has 0 spiro atoms. The summed E-state index contributed by atoms with van der Waals surface area (Å²) in [5.74, 6) is -0.672. The van der Waals surface area contributed by atoms with Crippen molar-refractivity contribution in [1.29, 1.82) is 0 Å². The Morgan fingerprint density at radius 2 is 1.79 bits per heavy atom. The molecule has 0 aliphatic carbocycles. The minimum atomic E-state index is -0.399. The number of thiophene rings is 1. The van der Waals surface area contributed by atoms with Crippen LogP contribution in [0.25, 0.3) is 0 Å². The van der Waals surface area contributed by atoms with Crippen LogP contribution in [0.1, 0.15) is 46.7 Å². The first-order valence-electron chi connectivity index (χ1n) is 7.63. The molecular weight excluding hydrogens is 326 g/mol. The zero-order valence-electron chi connectivity index (χ0n) is 13.6. The van der Waals surface area contributed by atoms with Gasteiger partial charge in [0.05, 0.1) is 16.5 Å². The summed E-state index contributed by atoms with van der Waals surface area (Å²) >= 11 is 1.37. The average molecular weight is 345 g/mol. The maximum Gasteiger partial charge on any atom is 0.338 e. The lowest BCUT2D eigenvalue weighted by molar-refractivity contribution is -0.116. The van der Waals surface area contributed by atoms with Gasteiger partial charge in [-0.3, -0.25) is 9.59 Å². The fraction of sp³-hybridized carbons (Fsp3) is 0.278. The topological polar surface area (TPSA) is 72.5 Å². The first-order chi connectivity index (χ1) is 11.5. The SMILES string of the molecule is CC(C)OC(=O)c1ccc(NC(=O)CCC(=O)c2cccs2)cc1. The van der Waals surface area contributed by atoms with Gasteiger partial charge in [-0.05, 0) is 49.6 Å². The Hall–Kier alpha value is -2.47. The van der Waals surface area contributed by atoms with Crippen LogP contribution < -0.4 is 5.32 Å². The van der Waals surface area contributed by atoms with Crippen LogP contribution in [0, 0.1) is 0 Å². The number of nitrogens with one attached hydrogen (secondary N) is 1. The van der Waals surface area contributed by atoms with Crippen LogP contribution >= 0.6 is 11.3 Å². The Morgan fingerprint density at radius 3 is 2.38 bits per heavy atom. The highest BCUT2D eigenvalue weighted by Crippen LogP contribution is 2.14. The van der Waals surface area contributed by atoms with Gasteiger partial charge in [-0.2, -0.15) is 0 Å². The lowest BCUT2D eigenvalue weighted by Crippen LogP contribution is -2.14. The Kier molecular flexibility index (Phi) is 6.26. The molecular formula is C18H19NO4S. The molecule has 0 unspecified atom stereocenters. The van der Waals surface area contributed by atoms with E-state index in [1.807, 2.05) is 11.4 Å². The van der Waals surface area contributed by atoms with Crippen LogP contribution in [0.3, 0.4) is 0 Å². The minimum absolute atomic E-state index is 0.0353. The number of rotatable bonds is 7. The van der Waals surface area contributed by atoms with Crippen molar-refractivity contribution in [2.75, 3.05) is 5.32 Å². The van der Waals surface area contributed by atoms with Gasteiger partial charge >= 0.3 is 5.97 Å². The zero-order chi connectivity index (χ0) is 17.5. The number of Topliss-reactive ketones (excluding diaryl/α,β-unsaturated/α-hetero) is 1. The summed E-state index contributed by atoms with van der Waals surface area (Å²) in [4.78, 5) is 36.1. The number of esters is 1. The number of hydrogen-bond acceptors (Lipinski definition) is 5. The number of carbonyl (C=O) groups excluding carboxylic acids is 3. The summed E-state index contributed by atoms with van der Waals surface area (Å²) in [6.07, 6.45) is 0.108. The van der Waals surface area contributed by atoms with Crippen molar-refractivity contribution in [1.82, 2.24) is 0 Å². The van der Waals surface area contributed by atoms with Gasteiger partial charge in [-0.1, -0.05) is 6.07 Å². The summed E-state index contributed by atoms with van der Waals surface area (Å²) in [5, 5.41) is 4.54. The van der Waals surface area contributed by atoms with Crippen molar-refractivity contribution in [2.24, 2.45) is 0 Å². The third-order valence-electron chi connectivity index (χ3n) is 3.12. The largest absolute Gasteiger partial charge is 0.459 e. The fourth-order valence-corrected chi connectivity index (χ4v) is 2.68. The smallest absolute Gasteiger partial charge is 0.338 e. The van der Waals surface area contributed by atoms with Gasteiger partial charge in [-0.15, -0.1) is 11.3 Å². The molecule has 1 aromatic heterocycles. The second-order valence-corrected chi connectivity index (χ2v) is 6.43. The molecule has 1 heterocycles. The summed E-state index contributed by atoms with van der Waals surface area (Å²) in [7, 11) is 0. The first-order valence-corrected chi connectivity index (χ1v) is 8.51. The fourth-order valence-electron chi connectivity index (χ4n) is 1.98. The van der Waals surface area contributed by atoms with Crippen molar-refractivity contribution < 1.29 is 19.1 Å². The Labute approximate surface area is 144 Å². The van der Waals surface area contributed by atoms with Gasteiger partial charge in [0.2, 0.25) is 5.91 Å². The molecule has 2 aromatic rings. The van der Waals surface area contributed by atoms with Crippen LogP contribution in [-0.2, 0) is 9.53 Å². The molecule has 5 nitrogen and oxygen atoms in total. The lowest BCUT2D eigenvalue weighted by Gasteiger charge is -2.09. The monoisotopic (exact) mass is 345 g/mol. The molecule has 6 heteroatoms. The van der Waals surface area contributed by atoms with Gasteiger partial charge in [-0.25, -0.2) is 4.79 Å². The van der Waals surface area contributed by atoms with E-state index in [9.17, 15) is 14.4 Å². The Balaban J connectivity index is 1.83. The van der Waals surface area contributed by atoms with E-state index in [4.69, 9.17) is 4.74 Å². The van der Waals surface area contributed by atoms with Gasteiger partial charge in [0, 0.05) is 18.5 Å². The molecule has 0 aliphatic heterocycles. The van der Waals surface area contributed by atoms with E-state index in [0.717, 1.165) is 0 Å². The van der Waals surface area contributed by atoms with Crippen molar-refractivity contribution in [3.63, 3.8) is 0 Å². The summed E-state index contributed by atoms with van der Waals surface area (Å²) in [6, 6.07) is 10.0. The van der Waals surface area contributed by atoms with Crippen LogP contribution in [0.4, 0.5) is 5.69 Å². The van der Waals surface area contributed by atoms with E-state index in [-0.39, 0.29) is 30.6 Å². The predicted octanol–water partition coefficient (Wildman–Crippen LogP) is 3.91. The molecule has 0 radical (unpaired) electrons. The number of hydrogen-bond donors (Lipinski definition) is 1. The Bertz CT molecular complexity index is 705. The second kappa shape index (κ2) is 8.40. The number of amides is 1. The molecule has 1 N–H and O–H groups in total. The standard InChI is InChI=1S/C18H19NO4S/c1-12(2)23-18(22)13-5-7-14(8-6-13)19-17(21)10-9-15(20)16-4-3-11-24-16/h3-8,11-12H,9-10H2,1-2H3,(H,19,21). The van der Waals surface area contributed by atoms with Crippen molar-refractivity contribution in [2.45, 2.75) is 32.8 Å². The quantitative estimate of drug-likeness (QED) is 0.610. The zero-order valence-corrected chi connectivity index (χ0v) is 14.4. The Morgan fingerprint density at radius 1 is 1.08 bits per heavy atom. The average Bonchev–Trinajstić information content (AvgIpc) is 3.07. The maximum atomic E-state index is 11.9. The summed E-state index contributed by atoms with van der Waals surface area (Å²) < 4.78 is 5.09. The second-order valence-electron chi connectivity index (χ2n) is 5.48. The highest BCUT2D eigenvalue weighted by atomic mass is 32.1. The third kappa shape index (κ3) is 5.31. The maximum absolute atomic E-state index is 11.9. The van der Waals surface area contributed by atoms with E-state index < -0.39 is 5.97 Å². The number of anilines is 1. The van der Waals surface area contributed by atoms with E-state index >= 15 is 0 Å². The third-order valence-corrected chi connectivity index (χ3v) is 4.03. The highest BCUT2D eigenvalue weighted by Gasteiger charge is 2.12. The number of carbonyl (C=O) groups is 3. The molecule has 24 heavy (non-hydrogen) atoms. The number of ketones is 1. The minimum Gasteiger partial charge on any atom is -0.459 e. The van der Waals surface area contributed by atoms with Crippen LogP contribution in [0.5, 0.6) is 0 Å². The molecule has 1 amide bonds. The first kappa shape index (κ1) is 17.9. The van der Waals surface area contributed by atoms with Crippen LogP contribution in [0.15, 0.2) is 41.8 Å². The van der Waals surface area contributed by atoms with Crippen molar-refractivity contribution in [3.05, 3.63) is 52.2 Å². The van der Waals surface area contributed by atoms with Gasteiger partial charge < -0.3 is 10.1 Å². The molecule has 126 valence electrons. The number of benzene rings is 1. The highest BCUT2D eigenvalue weighted by molar-refractivity contribution is 7.12. The van der Waals surface area contributed by atoms with Crippen LogP contribution in [0.2, 0.25) is 0 Å². The molecule has 2 rings (SSSR count). The summed E-state index contributed by atoms with van der Waals surface area (Å²) in [6.45, 7) is 3.56. The van der Waals surface area contributed by atoms with E-state index in [1.54, 1.807) is 44.2 Å². The van der Waals surface area contributed by atoms with Crippen molar-refractivity contribution >= 4 is 34.7 Å². The molecule has 0 saturated carbocycles. The van der Waals surface area contributed by atoms with E-state index in [1.165, 1.54) is 11.3 Å². The molecule has 0 atom stereocenters. The molecule has 1 aromatic carbocycles. The van der Waals surface area contributed by atoms with Gasteiger partial charge in [0.1, 0.15) is 0 Å². The molecule has 0 aliphatic rings. The molecule has 0 saturated heterocycles.